The quantitative estimate of drug-likeness (QED) is 0.117. The maximum atomic E-state index is 12.7. The second-order valence-electron chi connectivity index (χ2n) is 9.91. The van der Waals surface area contributed by atoms with Crippen molar-refractivity contribution in [2.75, 3.05) is 0 Å². The first-order valence-electron chi connectivity index (χ1n) is 13.0. The van der Waals surface area contributed by atoms with Crippen molar-refractivity contribution in [2.45, 2.75) is 40.9 Å². The maximum Gasteiger partial charge on any atom is 0.339 e. The minimum absolute atomic E-state index is 0.0791. The van der Waals surface area contributed by atoms with E-state index in [-0.39, 0.29) is 32.7 Å². The van der Waals surface area contributed by atoms with Gasteiger partial charge in [0.05, 0.1) is 9.85 Å². The van der Waals surface area contributed by atoms with Crippen LogP contribution in [0.4, 0.5) is 11.4 Å². The van der Waals surface area contributed by atoms with E-state index >= 15 is 0 Å². The number of rotatable bonds is 10. The molecule has 4 aromatic carbocycles. The van der Waals surface area contributed by atoms with Crippen LogP contribution in [-0.2, 0) is 25.7 Å². The molecule has 0 aromatic heterocycles. The summed E-state index contributed by atoms with van der Waals surface area (Å²) in [4.78, 5) is 20.0. The van der Waals surface area contributed by atoms with Crippen molar-refractivity contribution < 1.29 is 35.0 Å². The second kappa shape index (κ2) is 11.5. The Kier molecular flexibility index (Phi) is 7.90. The zero-order chi connectivity index (χ0) is 30.8. The van der Waals surface area contributed by atoms with Gasteiger partial charge in [0.25, 0.3) is 11.4 Å². The standard InChI is InChI=1S/C29H24N2O10S2/c32-30(33)23-7-15-27(16-8-23)42(36,37)40-25-11-3-21(4-12-25)29(19-1-2-20-29)22-5-13-26(14-6-22)41-43(38,39)28-17-9-24(10-18-28)31(34)35/h3-18H,1-2,19-20H2. The molecule has 1 saturated carbocycles. The zero-order valence-electron chi connectivity index (χ0n) is 22.4. The zero-order valence-corrected chi connectivity index (χ0v) is 24.0. The molecule has 0 bridgehead atoms. The molecule has 12 nitrogen and oxygen atoms in total. The molecule has 0 unspecified atom stereocenters. The van der Waals surface area contributed by atoms with Gasteiger partial charge in [-0.2, -0.15) is 16.8 Å². The third-order valence-corrected chi connectivity index (χ3v) is 9.88. The topological polar surface area (TPSA) is 173 Å². The molecule has 1 aliphatic carbocycles. The summed E-state index contributed by atoms with van der Waals surface area (Å²) in [5, 5.41) is 21.7. The average Bonchev–Trinajstić information content (AvgIpc) is 3.49. The van der Waals surface area contributed by atoms with Crippen LogP contribution in [0.1, 0.15) is 36.8 Å². The molecule has 0 aliphatic heterocycles. The lowest BCUT2D eigenvalue weighted by molar-refractivity contribution is -0.385. The van der Waals surface area contributed by atoms with Gasteiger partial charge in [-0.05, 0) is 72.5 Å². The fourth-order valence-electron chi connectivity index (χ4n) is 5.20. The summed E-state index contributed by atoms with van der Waals surface area (Å²) in [6.07, 6.45) is 3.55. The smallest absolute Gasteiger partial charge is 0.339 e. The van der Waals surface area contributed by atoms with E-state index in [1.165, 1.54) is 0 Å². The van der Waals surface area contributed by atoms with Crippen LogP contribution in [0.25, 0.3) is 0 Å². The van der Waals surface area contributed by atoms with Gasteiger partial charge < -0.3 is 8.37 Å². The second-order valence-corrected chi connectivity index (χ2v) is 13.0. The van der Waals surface area contributed by atoms with E-state index in [1.807, 2.05) is 0 Å². The SMILES string of the molecule is O=[N+]([O-])c1ccc(S(=O)(=O)Oc2ccc(C3(c4ccc(OS(=O)(=O)c5ccc([N+](=O)[O-])cc5)cc4)CCCC3)cc2)cc1. The van der Waals surface area contributed by atoms with E-state index in [0.717, 1.165) is 85.3 Å². The van der Waals surface area contributed by atoms with Crippen molar-refractivity contribution >= 4 is 31.6 Å². The Hall–Kier alpha value is -4.82. The molecular weight excluding hydrogens is 600 g/mol. The number of nitro groups is 2. The van der Waals surface area contributed by atoms with E-state index in [4.69, 9.17) is 8.37 Å². The predicted molar refractivity (Wildman–Crippen MR) is 154 cm³/mol. The molecule has 222 valence electrons. The Balaban J connectivity index is 1.33. The fraction of sp³-hybridized carbons (Fsp3) is 0.172. The molecule has 0 spiro atoms. The summed E-state index contributed by atoms with van der Waals surface area (Å²) < 4.78 is 61.3. The number of nitro benzene ring substituents is 2. The molecule has 0 amide bonds. The van der Waals surface area contributed by atoms with E-state index in [2.05, 4.69) is 0 Å². The lowest BCUT2D eigenvalue weighted by atomic mass is 9.73. The summed E-state index contributed by atoms with van der Waals surface area (Å²) >= 11 is 0. The van der Waals surface area contributed by atoms with Gasteiger partial charge in [-0.3, -0.25) is 20.2 Å². The monoisotopic (exact) mass is 624 g/mol. The van der Waals surface area contributed by atoms with E-state index in [1.54, 1.807) is 48.5 Å². The fourth-order valence-corrected chi connectivity index (χ4v) is 7.06. The van der Waals surface area contributed by atoms with Crippen LogP contribution < -0.4 is 8.37 Å². The van der Waals surface area contributed by atoms with Crippen LogP contribution in [0.2, 0.25) is 0 Å². The summed E-state index contributed by atoms with van der Waals surface area (Å²) in [5.41, 5.74) is 0.979. The van der Waals surface area contributed by atoms with Crippen LogP contribution in [0.3, 0.4) is 0 Å². The Labute approximate surface area is 247 Å². The molecule has 0 radical (unpaired) electrons. The summed E-state index contributed by atoms with van der Waals surface area (Å²) in [6.45, 7) is 0. The van der Waals surface area contributed by atoms with Gasteiger partial charge in [-0.1, -0.05) is 37.1 Å². The van der Waals surface area contributed by atoms with Crippen LogP contribution >= 0.6 is 0 Å². The van der Waals surface area contributed by atoms with Gasteiger partial charge in [0, 0.05) is 29.7 Å². The van der Waals surface area contributed by atoms with Crippen LogP contribution in [-0.4, -0.2) is 26.7 Å². The molecule has 0 saturated heterocycles. The van der Waals surface area contributed by atoms with Crippen molar-refractivity contribution in [3.63, 3.8) is 0 Å². The lowest BCUT2D eigenvalue weighted by Gasteiger charge is -2.31. The van der Waals surface area contributed by atoms with Crippen LogP contribution in [0.15, 0.2) is 107 Å². The van der Waals surface area contributed by atoms with Crippen LogP contribution in [0, 0.1) is 20.2 Å². The highest BCUT2D eigenvalue weighted by Gasteiger charge is 2.37. The Bertz CT molecular complexity index is 1730. The Morgan fingerprint density at radius 1 is 0.535 bits per heavy atom. The normalized spacial score (nSPS) is 14.6. The summed E-state index contributed by atoms with van der Waals surface area (Å²) in [5.74, 6) is 0.158. The van der Waals surface area contributed by atoms with Gasteiger partial charge >= 0.3 is 20.2 Å². The molecule has 14 heteroatoms. The number of hydrogen-bond acceptors (Lipinski definition) is 10. The number of nitrogens with zero attached hydrogens (tertiary/aromatic N) is 2. The van der Waals surface area contributed by atoms with Crippen molar-refractivity contribution in [1.29, 1.82) is 0 Å². The van der Waals surface area contributed by atoms with Crippen molar-refractivity contribution in [3.8, 4) is 11.5 Å². The third kappa shape index (κ3) is 6.20. The molecule has 1 fully saturated rings. The first-order valence-corrected chi connectivity index (χ1v) is 15.8. The van der Waals surface area contributed by atoms with Crippen molar-refractivity contribution in [2.24, 2.45) is 0 Å². The number of benzene rings is 4. The van der Waals surface area contributed by atoms with E-state index in [9.17, 15) is 37.1 Å². The molecule has 0 heterocycles. The van der Waals surface area contributed by atoms with Crippen molar-refractivity contribution in [3.05, 3.63) is 128 Å². The highest BCUT2D eigenvalue weighted by molar-refractivity contribution is 7.87. The first kappa shape index (κ1) is 29.7. The lowest BCUT2D eigenvalue weighted by Crippen LogP contribution is -2.23. The number of non-ortho nitro benzene ring substituents is 2. The third-order valence-electron chi connectivity index (χ3n) is 7.36. The summed E-state index contributed by atoms with van der Waals surface area (Å²) in [7, 11) is -8.43. The minimum atomic E-state index is -4.22. The van der Waals surface area contributed by atoms with Gasteiger partial charge in [0.15, 0.2) is 0 Å². The van der Waals surface area contributed by atoms with Gasteiger partial charge in [-0.25, -0.2) is 0 Å². The Morgan fingerprint density at radius 2 is 0.860 bits per heavy atom. The molecule has 43 heavy (non-hydrogen) atoms. The van der Waals surface area contributed by atoms with Gasteiger partial charge in [0.1, 0.15) is 21.3 Å². The molecule has 5 rings (SSSR count). The van der Waals surface area contributed by atoms with E-state index in [0.29, 0.717) is 0 Å². The molecule has 4 aromatic rings. The van der Waals surface area contributed by atoms with Crippen LogP contribution in [0.5, 0.6) is 11.5 Å². The molecule has 0 atom stereocenters. The molecular formula is C29H24N2O10S2. The Morgan fingerprint density at radius 3 is 1.16 bits per heavy atom. The highest BCUT2D eigenvalue weighted by Crippen LogP contribution is 2.47. The van der Waals surface area contributed by atoms with Gasteiger partial charge in [-0.15, -0.1) is 0 Å². The molecule has 1 aliphatic rings. The highest BCUT2D eigenvalue weighted by atomic mass is 32.2. The van der Waals surface area contributed by atoms with Gasteiger partial charge in [0.2, 0.25) is 0 Å². The summed E-state index contributed by atoms with van der Waals surface area (Å²) in [6, 6.07) is 22.1. The number of hydrogen-bond donors (Lipinski definition) is 0. The van der Waals surface area contributed by atoms with Crippen molar-refractivity contribution in [1.82, 2.24) is 0 Å². The molecule has 0 N–H and O–H groups in total. The minimum Gasteiger partial charge on any atom is -0.379 e. The average molecular weight is 625 g/mol. The first-order chi connectivity index (χ1) is 20.4. The largest absolute Gasteiger partial charge is 0.379 e. The predicted octanol–water partition coefficient (Wildman–Crippen LogP) is 5.90. The van der Waals surface area contributed by atoms with E-state index < -0.39 is 35.5 Å². The maximum absolute atomic E-state index is 12.7.